The summed E-state index contributed by atoms with van der Waals surface area (Å²) in [5, 5.41) is 7.99. The highest BCUT2D eigenvalue weighted by Gasteiger charge is 2.37. The first kappa shape index (κ1) is 11.5. The lowest BCUT2D eigenvalue weighted by Gasteiger charge is -2.08. The van der Waals surface area contributed by atoms with Gasteiger partial charge >= 0.3 is 12.1 Å². The van der Waals surface area contributed by atoms with Crippen molar-refractivity contribution in [3.05, 3.63) is 12.2 Å². The van der Waals surface area contributed by atoms with Crippen LogP contribution < -0.4 is 0 Å². The van der Waals surface area contributed by atoms with Gasteiger partial charge in [-0.25, -0.2) is 4.79 Å². The smallest absolute Gasteiger partial charge is 0.422 e. The summed E-state index contributed by atoms with van der Waals surface area (Å²) in [4.78, 5) is 10.5. The second kappa shape index (κ2) is 4.50. The lowest BCUT2D eigenvalue weighted by Crippen LogP contribution is -2.21. The third kappa shape index (κ3) is 4.15. The maximum Gasteiger partial charge on any atom is 0.422 e. The molecule has 3 nitrogen and oxygen atoms in total. The Balaban J connectivity index is 4.00. The number of nitrogens with zero attached hydrogens (tertiary/aromatic N) is 1. The van der Waals surface area contributed by atoms with Gasteiger partial charge in [-0.05, 0) is 0 Å². The van der Waals surface area contributed by atoms with E-state index in [1.54, 1.807) is 6.07 Å². The van der Waals surface area contributed by atoms with Crippen molar-refractivity contribution >= 4 is 5.97 Å². The quantitative estimate of drug-likeness (QED) is 0.388. The third-order valence-electron chi connectivity index (χ3n) is 1.04. The number of alkyl halides is 3. The van der Waals surface area contributed by atoms with Crippen LogP contribution in [-0.4, -0.2) is 18.8 Å². The molecule has 0 aliphatic carbocycles. The van der Waals surface area contributed by atoms with Crippen molar-refractivity contribution in [3.8, 4) is 6.07 Å². The fourth-order valence-electron chi connectivity index (χ4n) is 0.392. The molecule has 0 bridgehead atoms. The summed E-state index contributed by atoms with van der Waals surface area (Å²) in [6.07, 6.45) is -4.92. The SMILES string of the molecule is C=C(C(=O)OCCC#N)C(F)(F)F. The Kier molecular flexibility index (Phi) is 3.98. The average Bonchev–Trinajstić information content (AvgIpc) is 2.01. The van der Waals surface area contributed by atoms with Gasteiger partial charge in [-0.15, -0.1) is 0 Å². The third-order valence-corrected chi connectivity index (χ3v) is 1.04. The molecule has 6 heteroatoms. The number of hydrogen-bond acceptors (Lipinski definition) is 3. The second-order valence-electron chi connectivity index (χ2n) is 2.02. The maximum atomic E-state index is 11.7. The first-order valence-electron chi connectivity index (χ1n) is 3.19. The van der Waals surface area contributed by atoms with Crippen molar-refractivity contribution in [1.82, 2.24) is 0 Å². The van der Waals surface area contributed by atoms with Crippen molar-refractivity contribution in [3.63, 3.8) is 0 Å². The Hall–Kier alpha value is -1.51. The molecule has 0 atom stereocenters. The fraction of sp³-hybridized carbons (Fsp3) is 0.429. The molecule has 0 unspecified atom stereocenters. The molecule has 0 aromatic rings. The molecule has 13 heavy (non-hydrogen) atoms. The Morgan fingerprint density at radius 3 is 2.46 bits per heavy atom. The molecular weight excluding hydrogens is 187 g/mol. The van der Waals surface area contributed by atoms with E-state index in [1.807, 2.05) is 0 Å². The van der Waals surface area contributed by atoms with Crippen LogP contribution in [-0.2, 0) is 9.53 Å². The van der Waals surface area contributed by atoms with E-state index in [4.69, 9.17) is 5.26 Å². The van der Waals surface area contributed by atoms with Crippen molar-refractivity contribution < 1.29 is 22.7 Å². The van der Waals surface area contributed by atoms with E-state index in [0.29, 0.717) is 0 Å². The number of nitriles is 1. The summed E-state index contributed by atoms with van der Waals surface area (Å²) in [6, 6.07) is 1.61. The van der Waals surface area contributed by atoms with Crippen LogP contribution in [0.2, 0.25) is 0 Å². The minimum absolute atomic E-state index is 0.142. The largest absolute Gasteiger partial charge is 0.461 e. The fourth-order valence-corrected chi connectivity index (χ4v) is 0.392. The van der Waals surface area contributed by atoms with Crippen LogP contribution in [0, 0.1) is 11.3 Å². The van der Waals surface area contributed by atoms with E-state index < -0.39 is 17.7 Å². The molecule has 0 heterocycles. The van der Waals surface area contributed by atoms with Crippen molar-refractivity contribution in [1.29, 1.82) is 5.26 Å². The Morgan fingerprint density at radius 1 is 1.54 bits per heavy atom. The molecule has 0 aliphatic heterocycles. The predicted molar refractivity (Wildman–Crippen MR) is 36.4 cm³/mol. The summed E-state index contributed by atoms with van der Waals surface area (Å²) in [5.74, 6) is -1.54. The monoisotopic (exact) mass is 193 g/mol. The van der Waals surface area contributed by atoms with Gasteiger partial charge in [0.15, 0.2) is 0 Å². The topological polar surface area (TPSA) is 50.1 Å². The summed E-state index contributed by atoms with van der Waals surface area (Å²) < 4.78 is 39.3. The molecule has 0 saturated carbocycles. The van der Waals surface area contributed by atoms with E-state index in [0.717, 1.165) is 0 Å². The zero-order chi connectivity index (χ0) is 10.5. The zero-order valence-electron chi connectivity index (χ0n) is 6.52. The Labute approximate surface area is 72.4 Å². The van der Waals surface area contributed by atoms with Crippen molar-refractivity contribution in [2.24, 2.45) is 0 Å². The number of esters is 1. The summed E-state index contributed by atoms with van der Waals surface area (Å²) in [7, 11) is 0. The summed E-state index contributed by atoms with van der Waals surface area (Å²) >= 11 is 0. The van der Waals surface area contributed by atoms with E-state index in [1.165, 1.54) is 0 Å². The summed E-state index contributed by atoms with van der Waals surface area (Å²) in [5.41, 5.74) is -1.56. The van der Waals surface area contributed by atoms with Crippen molar-refractivity contribution in [2.75, 3.05) is 6.61 Å². The van der Waals surface area contributed by atoms with Gasteiger partial charge in [-0.1, -0.05) is 6.58 Å². The minimum atomic E-state index is -4.77. The number of carbonyl (C=O) groups is 1. The predicted octanol–water partition coefficient (Wildman–Crippen LogP) is 1.56. The molecular formula is C7H6F3NO2. The maximum absolute atomic E-state index is 11.7. The molecule has 0 spiro atoms. The molecule has 0 rings (SSSR count). The van der Waals surface area contributed by atoms with Crippen LogP contribution in [0.4, 0.5) is 13.2 Å². The van der Waals surface area contributed by atoms with Crippen LogP contribution in [0.25, 0.3) is 0 Å². The van der Waals surface area contributed by atoms with Gasteiger partial charge in [-0.3, -0.25) is 0 Å². The molecule has 0 aromatic carbocycles. The Morgan fingerprint density at radius 2 is 2.08 bits per heavy atom. The number of ether oxygens (including phenoxy) is 1. The van der Waals surface area contributed by atoms with Gasteiger partial charge in [0.2, 0.25) is 0 Å². The zero-order valence-corrected chi connectivity index (χ0v) is 6.52. The molecule has 72 valence electrons. The van der Waals surface area contributed by atoms with Gasteiger partial charge in [0.1, 0.15) is 12.2 Å². The average molecular weight is 193 g/mol. The molecule has 0 fully saturated rings. The molecule has 0 radical (unpaired) electrons. The van der Waals surface area contributed by atoms with Gasteiger partial charge in [0.05, 0.1) is 12.5 Å². The van der Waals surface area contributed by atoms with Gasteiger partial charge < -0.3 is 4.74 Å². The first-order chi connectivity index (χ1) is 5.89. The minimum Gasteiger partial charge on any atom is -0.461 e. The lowest BCUT2D eigenvalue weighted by atomic mass is 10.3. The van der Waals surface area contributed by atoms with Gasteiger partial charge in [0.25, 0.3) is 0 Å². The first-order valence-corrected chi connectivity index (χ1v) is 3.19. The van der Waals surface area contributed by atoms with E-state index >= 15 is 0 Å². The van der Waals surface area contributed by atoms with Crippen molar-refractivity contribution in [2.45, 2.75) is 12.6 Å². The van der Waals surface area contributed by atoms with E-state index in [-0.39, 0.29) is 13.0 Å². The normalized spacial score (nSPS) is 10.3. The molecule has 0 amide bonds. The van der Waals surface area contributed by atoms with Crippen LogP contribution >= 0.6 is 0 Å². The standard InChI is InChI=1S/C7H6F3NO2/c1-5(7(8,9)10)6(12)13-4-2-3-11/h1-2,4H2. The number of halogens is 3. The summed E-state index contributed by atoms with van der Waals surface area (Å²) in [6.45, 7) is 2.17. The Bertz CT molecular complexity index is 251. The lowest BCUT2D eigenvalue weighted by molar-refractivity contribution is -0.150. The number of carbonyl (C=O) groups excluding carboxylic acids is 1. The van der Waals surface area contributed by atoms with Crippen LogP contribution in [0.5, 0.6) is 0 Å². The van der Waals surface area contributed by atoms with E-state index in [9.17, 15) is 18.0 Å². The second-order valence-corrected chi connectivity index (χ2v) is 2.02. The molecule has 0 aromatic heterocycles. The van der Waals surface area contributed by atoms with Crippen LogP contribution in [0.3, 0.4) is 0 Å². The highest BCUT2D eigenvalue weighted by atomic mass is 19.4. The molecule has 0 aliphatic rings. The molecule has 0 N–H and O–H groups in total. The molecule has 0 saturated heterocycles. The van der Waals surface area contributed by atoms with Crippen LogP contribution in [0.1, 0.15) is 6.42 Å². The van der Waals surface area contributed by atoms with Gasteiger partial charge in [0, 0.05) is 0 Å². The number of hydrogen-bond donors (Lipinski definition) is 0. The van der Waals surface area contributed by atoms with E-state index in [2.05, 4.69) is 11.3 Å². The highest BCUT2D eigenvalue weighted by Crippen LogP contribution is 2.24. The number of rotatable bonds is 3. The van der Waals surface area contributed by atoms with Gasteiger partial charge in [-0.2, -0.15) is 18.4 Å². The highest BCUT2D eigenvalue weighted by molar-refractivity contribution is 5.89. The van der Waals surface area contributed by atoms with Crippen LogP contribution in [0.15, 0.2) is 12.2 Å².